The van der Waals surface area contributed by atoms with Crippen molar-refractivity contribution in [2.75, 3.05) is 13.1 Å². The third-order valence-electron chi connectivity index (χ3n) is 5.48. The van der Waals surface area contributed by atoms with Gasteiger partial charge in [0.05, 0.1) is 24.4 Å². The number of hydrogen-bond donors (Lipinski definition) is 2. The van der Waals surface area contributed by atoms with Crippen molar-refractivity contribution in [1.82, 2.24) is 15.5 Å². The smallest absolute Gasteiger partial charge is 0.315 e. The lowest BCUT2D eigenvalue weighted by atomic mass is 10.1. The lowest BCUT2D eigenvalue weighted by Gasteiger charge is -2.35. The molecule has 1 aliphatic rings. The largest absolute Gasteiger partial charge is 0.372 e. The number of nitrogens with zero attached hydrogens (tertiary/aromatic N) is 1. The summed E-state index contributed by atoms with van der Waals surface area (Å²) in [7, 11) is 0. The SMILES string of the molecule is CC1CN(C(=O)c2ccc(CNC(=O)NCc3cccc(COC(C)(C)C)c3)cc2)CC(C)O1. The highest BCUT2D eigenvalue weighted by Crippen LogP contribution is 2.15. The fraction of sp³-hybridized carbons (Fsp3) is 0.481. The van der Waals surface area contributed by atoms with Crippen molar-refractivity contribution < 1.29 is 19.1 Å². The van der Waals surface area contributed by atoms with Gasteiger partial charge < -0.3 is 25.0 Å². The first-order valence-electron chi connectivity index (χ1n) is 11.9. The normalized spacial score (nSPS) is 18.4. The van der Waals surface area contributed by atoms with E-state index >= 15 is 0 Å². The quantitative estimate of drug-likeness (QED) is 0.638. The lowest BCUT2D eigenvalue weighted by Crippen LogP contribution is -2.48. The molecule has 0 aromatic heterocycles. The van der Waals surface area contributed by atoms with E-state index in [9.17, 15) is 9.59 Å². The average molecular weight is 468 g/mol. The van der Waals surface area contributed by atoms with Gasteiger partial charge in [-0.2, -0.15) is 0 Å². The van der Waals surface area contributed by atoms with Crippen molar-refractivity contribution in [2.45, 2.75) is 72.1 Å². The van der Waals surface area contributed by atoms with Gasteiger partial charge in [0.15, 0.2) is 0 Å². The molecule has 0 radical (unpaired) electrons. The van der Waals surface area contributed by atoms with Crippen LogP contribution in [0.25, 0.3) is 0 Å². The Morgan fingerprint density at radius 1 is 0.941 bits per heavy atom. The van der Waals surface area contributed by atoms with Gasteiger partial charge in [0.25, 0.3) is 5.91 Å². The second-order valence-electron chi connectivity index (χ2n) is 9.92. The van der Waals surface area contributed by atoms with Crippen LogP contribution >= 0.6 is 0 Å². The molecular formula is C27H37N3O4. The predicted molar refractivity (Wildman–Crippen MR) is 132 cm³/mol. The Labute approximate surface area is 202 Å². The van der Waals surface area contributed by atoms with Crippen molar-refractivity contribution in [2.24, 2.45) is 0 Å². The predicted octanol–water partition coefficient (Wildman–Crippen LogP) is 4.25. The van der Waals surface area contributed by atoms with E-state index in [1.54, 1.807) is 0 Å². The topological polar surface area (TPSA) is 79.9 Å². The molecule has 3 amide bonds. The van der Waals surface area contributed by atoms with E-state index in [0.717, 1.165) is 16.7 Å². The van der Waals surface area contributed by atoms with Gasteiger partial charge in [0.1, 0.15) is 0 Å². The fourth-order valence-corrected chi connectivity index (χ4v) is 3.85. The van der Waals surface area contributed by atoms with Crippen LogP contribution in [0.1, 0.15) is 61.7 Å². The van der Waals surface area contributed by atoms with Crippen LogP contribution in [0.3, 0.4) is 0 Å². The molecule has 0 saturated carbocycles. The third-order valence-corrected chi connectivity index (χ3v) is 5.48. The summed E-state index contributed by atoms with van der Waals surface area (Å²) in [6, 6.07) is 15.1. The van der Waals surface area contributed by atoms with E-state index < -0.39 is 0 Å². The third kappa shape index (κ3) is 8.15. The number of nitrogens with one attached hydrogen (secondary N) is 2. The second kappa shape index (κ2) is 11.5. The molecule has 7 heteroatoms. The number of amides is 3. The summed E-state index contributed by atoms with van der Waals surface area (Å²) in [6.07, 6.45) is 0.0722. The van der Waals surface area contributed by atoms with Crippen molar-refractivity contribution >= 4 is 11.9 Å². The number of morpholine rings is 1. The Morgan fingerprint density at radius 3 is 2.15 bits per heavy atom. The van der Waals surface area contributed by atoms with Crippen LogP contribution in [0.2, 0.25) is 0 Å². The molecule has 3 rings (SSSR count). The first-order valence-corrected chi connectivity index (χ1v) is 11.9. The molecule has 1 saturated heterocycles. The number of urea groups is 1. The molecular weight excluding hydrogens is 430 g/mol. The summed E-state index contributed by atoms with van der Waals surface area (Å²) in [5.41, 5.74) is 3.46. The number of hydrogen-bond acceptors (Lipinski definition) is 4. The molecule has 34 heavy (non-hydrogen) atoms. The number of rotatable bonds is 7. The highest BCUT2D eigenvalue weighted by atomic mass is 16.5. The molecule has 1 aliphatic heterocycles. The van der Waals surface area contributed by atoms with E-state index in [0.29, 0.717) is 38.3 Å². The molecule has 2 unspecified atom stereocenters. The minimum atomic E-state index is -0.243. The van der Waals surface area contributed by atoms with Crippen LogP contribution in [0.5, 0.6) is 0 Å². The molecule has 2 aromatic rings. The Balaban J connectivity index is 1.44. The Hall–Kier alpha value is -2.90. The molecule has 184 valence electrons. The van der Waals surface area contributed by atoms with Crippen LogP contribution in [-0.4, -0.2) is 47.7 Å². The second-order valence-corrected chi connectivity index (χ2v) is 9.92. The monoisotopic (exact) mass is 467 g/mol. The maximum absolute atomic E-state index is 12.8. The Kier molecular flexibility index (Phi) is 8.69. The van der Waals surface area contributed by atoms with Gasteiger partial charge in [-0.3, -0.25) is 4.79 Å². The zero-order chi connectivity index (χ0) is 24.7. The minimum absolute atomic E-state index is 0.00869. The first-order chi connectivity index (χ1) is 16.1. The Bertz CT molecular complexity index is 959. The van der Waals surface area contributed by atoms with Crippen molar-refractivity contribution in [3.8, 4) is 0 Å². The van der Waals surface area contributed by atoms with E-state index in [-0.39, 0.29) is 29.7 Å². The highest BCUT2D eigenvalue weighted by Gasteiger charge is 2.26. The van der Waals surface area contributed by atoms with Crippen molar-refractivity contribution in [3.63, 3.8) is 0 Å². The molecule has 2 N–H and O–H groups in total. The zero-order valence-corrected chi connectivity index (χ0v) is 20.9. The van der Waals surface area contributed by atoms with Gasteiger partial charge in [-0.15, -0.1) is 0 Å². The number of benzene rings is 2. The number of ether oxygens (including phenoxy) is 2. The van der Waals surface area contributed by atoms with Crippen LogP contribution in [0.4, 0.5) is 4.79 Å². The molecule has 1 heterocycles. The maximum atomic E-state index is 12.8. The molecule has 0 aliphatic carbocycles. The van der Waals surface area contributed by atoms with Gasteiger partial charge in [0.2, 0.25) is 0 Å². The molecule has 2 aromatic carbocycles. The van der Waals surface area contributed by atoms with Gasteiger partial charge in [-0.25, -0.2) is 4.79 Å². The van der Waals surface area contributed by atoms with Gasteiger partial charge in [-0.05, 0) is 63.4 Å². The average Bonchev–Trinajstić information content (AvgIpc) is 2.79. The minimum Gasteiger partial charge on any atom is -0.372 e. The van der Waals surface area contributed by atoms with Gasteiger partial charge >= 0.3 is 6.03 Å². The fourth-order valence-electron chi connectivity index (χ4n) is 3.85. The standard InChI is InChI=1S/C27H37N3O4/c1-19-16-30(17-20(2)34-19)25(31)24-11-9-21(10-12-24)14-28-26(32)29-15-22-7-6-8-23(13-22)18-33-27(3,4)5/h6-13,19-20H,14-18H2,1-5H3,(H2,28,29,32). The zero-order valence-electron chi connectivity index (χ0n) is 20.9. The molecule has 1 fully saturated rings. The van der Waals surface area contributed by atoms with Crippen molar-refractivity contribution in [3.05, 3.63) is 70.8 Å². The number of carbonyl (C=O) groups excluding carboxylic acids is 2. The summed E-state index contributed by atoms with van der Waals surface area (Å²) >= 11 is 0. The first kappa shape index (κ1) is 25.7. The van der Waals surface area contributed by atoms with Gasteiger partial charge in [-0.1, -0.05) is 36.4 Å². The summed E-state index contributed by atoms with van der Waals surface area (Å²) < 4.78 is 11.5. The van der Waals surface area contributed by atoms with Crippen LogP contribution in [-0.2, 0) is 29.2 Å². The summed E-state index contributed by atoms with van der Waals surface area (Å²) in [4.78, 5) is 26.9. The Morgan fingerprint density at radius 2 is 1.53 bits per heavy atom. The van der Waals surface area contributed by atoms with Crippen LogP contribution in [0.15, 0.2) is 48.5 Å². The molecule has 0 spiro atoms. The highest BCUT2D eigenvalue weighted by molar-refractivity contribution is 5.94. The summed E-state index contributed by atoms with van der Waals surface area (Å²) in [6.45, 7) is 12.6. The molecule has 2 atom stereocenters. The van der Waals surface area contributed by atoms with E-state index in [1.807, 2.05) is 88.0 Å². The van der Waals surface area contributed by atoms with Gasteiger partial charge in [0, 0.05) is 31.7 Å². The lowest BCUT2D eigenvalue weighted by molar-refractivity contribution is -0.0586. The molecule has 0 bridgehead atoms. The van der Waals surface area contributed by atoms with E-state index in [4.69, 9.17) is 9.47 Å². The van der Waals surface area contributed by atoms with Crippen LogP contribution in [0, 0.1) is 0 Å². The summed E-state index contributed by atoms with van der Waals surface area (Å²) in [5, 5.41) is 5.75. The van der Waals surface area contributed by atoms with E-state index in [2.05, 4.69) is 10.6 Å². The van der Waals surface area contributed by atoms with E-state index in [1.165, 1.54) is 0 Å². The van der Waals surface area contributed by atoms with Crippen molar-refractivity contribution in [1.29, 1.82) is 0 Å². The summed E-state index contributed by atoms with van der Waals surface area (Å²) in [5.74, 6) is 0.00869. The molecule has 7 nitrogen and oxygen atoms in total. The number of carbonyl (C=O) groups is 2. The maximum Gasteiger partial charge on any atom is 0.315 e. The van der Waals surface area contributed by atoms with Crippen LogP contribution < -0.4 is 10.6 Å².